The van der Waals surface area contributed by atoms with Gasteiger partial charge in [0.25, 0.3) is 0 Å². The van der Waals surface area contributed by atoms with Crippen molar-refractivity contribution in [3.8, 4) is 0 Å². The second-order valence-corrected chi connectivity index (χ2v) is 6.76. The lowest BCUT2D eigenvalue weighted by molar-refractivity contribution is 0.541. The maximum Gasteiger partial charge on any atom is 0.176 e. The van der Waals surface area contributed by atoms with Gasteiger partial charge in [-0.2, -0.15) is 5.10 Å². The van der Waals surface area contributed by atoms with Crippen molar-refractivity contribution in [3.63, 3.8) is 0 Å². The summed E-state index contributed by atoms with van der Waals surface area (Å²) in [5, 5.41) is 4.57. The molecule has 0 radical (unpaired) electrons. The molecule has 0 aliphatic rings. The molecule has 2 heterocycles. The van der Waals surface area contributed by atoms with E-state index in [1.54, 1.807) is 0 Å². The largest absolute Gasteiger partial charge is 0.339 e. The van der Waals surface area contributed by atoms with Gasteiger partial charge in [-0.05, 0) is 0 Å². The van der Waals surface area contributed by atoms with Crippen molar-refractivity contribution in [2.45, 2.75) is 52.4 Å². The predicted octanol–water partition coefficient (Wildman–Crippen LogP) is 2.89. The fourth-order valence-corrected chi connectivity index (χ4v) is 1.89. The van der Waals surface area contributed by atoms with Crippen molar-refractivity contribution >= 4 is 11.2 Å². The molecule has 2 aromatic rings. The molecule has 1 N–H and O–H groups in total. The molecule has 4 nitrogen and oxygen atoms in total. The van der Waals surface area contributed by atoms with E-state index in [-0.39, 0.29) is 10.8 Å². The zero-order chi connectivity index (χ0) is 13.0. The molecule has 0 aromatic carbocycles. The van der Waals surface area contributed by atoms with E-state index in [2.05, 4.69) is 56.6 Å². The molecule has 0 saturated carbocycles. The molecular formula is C13H22N4. The summed E-state index contributed by atoms with van der Waals surface area (Å²) in [5.74, 6) is 1.02. The van der Waals surface area contributed by atoms with Gasteiger partial charge in [-0.3, -0.25) is 0 Å². The quantitative estimate of drug-likeness (QED) is 0.762. The van der Waals surface area contributed by atoms with E-state index in [9.17, 15) is 0 Å². The Morgan fingerprint density at radius 1 is 1.00 bits per heavy atom. The summed E-state index contributed by atoms with van der Waals surface area (Å²) in [7, 11) is 1.95. The van der Waals surface area contributed by atoms with E-state index in [1.807, 2.05) is 11.7 Å². The van der Waals surface area contributed by atoms with E-state index < -0.39 is 0 Å². The normalized spacial score (nSPS) is 13.6. The highest BCUT2D eigenvalue weighted by molar-refractivity contribution is 5.75. The minimum absolute atomic E-state index is 0.0290. The van der Waals surface area contributed by atoms with Gasteiger partial charge >= 0.3 is 0 Å². The summed E-state index contributed by atoms with van der Waals surface area (Å²) in [5.41, 5.74) is 3.16. The van der Waals surface area contributed by atoms with Crippen molar-refractivity contribution in [3.05, 3.63) is 11.5 Å². The van der Waals surface area contributed by atoms with Crippen molar-refractivity contribution in [2.24, 2.45) is 7.05 Å². The first-order chi connectivity index (χ1) is 7.60. The number of aryl methyl sites for hydroxylation is 1. The number of aromatic amines is 1. The van der Waals surface area contributed by atoms with Crippen LogP contribution in [0.1, 0.15) is 53.1 Å². The average molecular weight is 234 g/mol. The third-order valence-electron chi connectivity index (χ3n) is 2.90. The highest BCUT2D eigenvalue weighted by atomic mass is 15.3. The Kier molecular flexibility index (Phi) is 2.39. The van der Waals surface area contributed by atoms with Gasteiger partial charge in [0.15, 0.2) is 5.65 Å². The van der Waals surface area contributed by atoms with Gasteiger partial charge in [-0.1, -0.05) is 41.5 Å². The van der Waals surface area contributed by atoms with E-state index >= 15 is 0 Å². The number of hydrogen-bond acceptors (Lipinski definition) is 2. The van der Waals surface area contributed by atoms with Crippen LogP contribution < -0.4 is 0 Å². The van der Waals surface area contributed by atoms with Crippen molar-refractivity contribution < 1.29 is 0 Å². The van der Waals surface area contributed by atoms with Crippen molar-refractivity contribution in [2.75, 3.05) is 0 Å². The Morgan fingerprint density at radius 3 is 2.06 bits per heavy atom. The lowest BCUT2D eigenvalue weighted by Crippen LogP contribution is -2.15. The zero-order valence-corrected chi connectivity index (χ0v) is 11.8. The Hall–Kier alpha value is -1.32. The molecule has 4 heteroatoms. The van der Waals surface area contributed by atoms with Gasteiger partial charge in [-0.15, -0.1) is 0 Å². The van der Waals surface area contributed by atoms with Gasteiger partial charge in [-0.25, -0.2) is 9.67 Å². The van der Waals surface area contributed by atoms with Crippen LogP contribution in [0.2, 0.25) is 0 Å². The molecule has 2 aromatic heterocycles. The third kappa shape index (κ3) is 1.96. The minimum Gasteiger partial charge on any atom is -0.339 e. The molecular weight excluding hydrogens is 212 g/mol. The van der Waals surface area contributed by atoms with Crippen LogP contribution in [-0.2, 0) is 17.9 Å². The number of fused-ring (bicyclic) bond motifs is 1. The third-order valence-corrected chi connectivity index (χ3v) is 2.90. The summed E-state index contributed by atoms with van der Waals surface area (Å²) < 4.78 is 1.86. The fraction of sp³-hybridized carbons (Fsp3) is 0.692. The van der Waals surface area contributed by atoms with Crippen LogP contribution in [0.3, 0.4) is 0 Å². The SMILES string of the molecule is Cn1nc(C(C)(C)C)c2[nH]c(C(C)(C)C)nc21. The maximum atomic E-state index is 4.66. The van der Waals surface area contributed by atoms with E-state index in [0.717, 1.165) is 22.7 Å². The van der Waals surface area contributed by atoms with Gasteiger partial charge in [0.05, 0.1) is 5.69 Å². The summed E-state index contributed by atoms with van der Waals surface area (Å²) in [4.78, 5) is 8.10. The Bertz CT molecular complexity index is 546. The van der Waals surface area contributed by atoms with Crippen LogP contribution >= 0.6 is 0 Å². The first-order valence-corrected chi connectivity index (χ1v) is 6.04. The highest BCUT2D eigenvalue weighted by Crippen LogP contribution is 2.30. The van der Waals surface area contributed by atoms with Crippen LogP contribution in [0, 0.1) is 0 Å². The van der Waals surface area contributed by atoms with Gasteiger partial charge in [0.1, 0.15) is 11.3 Å². The molecule has 0 spiro atoms. The second-order valence-electron chi connectivity index (χ2n) is 6.76. The van der Waals surface area contributed by atoms with Crippen LogP contribution in [0.4, 0.5) is 0 Å². The number of aromatic nitrogens is 4. The van der Waals surface area contributed by atoms with Crippen LogP contribution in [0.15, 0.2) is 0 Å². The van der Waals surface area contributed by atoms with Crippen LogP contribution in [0.25, 0.3) is 11.2 Å². The van der Waals surface area contributed by atoms with Crippen molar-refractivity contribution in [1.82, 2.24) is 19.7 Å². The zero-order valence-electron chi connectivity index (χ0n) is 11.8. The lowest BCUT2D eigenvalue weighted by atomic mass is 9.92. The van der Waals surface area contributed by atoms with Crippen LogP contribution in [-0.4, -0.2) is 19.7 Å². The highest BCUT2D eigenvalue weighted by Gasteiger charge is 2.26. The number of nitrogens with one attached hydrogen (secondary N) is 1. The van der Waals surface area contributed by atoms with Crippen LogP contribution in [0.5, 0.6) is 0 Å². The fourth-order valence-electron chi connectivity index (χ4n) is 1.89. The molecule has 0 aliphatic carbocycles. The monoisotopic (exact) mass is 234 g/mol. The molecule has 0 amide bonds. The number of hydrogen-bond donors (Lipinski definition) is 1. The summed E-state index contributed by atoms with van der Waals surface area (Å²) in [6.45, 7) is 13.0. The van der Waals surface area contributed by atoms with E-state index in [1.165, 1.54) is 0 Å². The summed E-state index contributed by atoms with van der Waals surface area (Å²) in [6.07, 6.45) is 0. The first kappa shape index (κ1) is 12.1. The van der Waals surface area contributed by atoms with Gasteiger partial charge in [0, 0.05) is 17.9 Å². The first-order valence-electron chi connectivity index (χ1n) is 6.04. The molecule has 17 heavy (non-hydrogen) atoms. The smallest absolute Gasteiger partial charge is 0.176 e. The molecule has 0 bridgehead atoms. The van der Waals surface area contributed by atoms with Crippen molar-refractivity contribution in [1.29, 1.82) is 0 Å². The molecule has 94 valence electrons. The maximum absolute atomic E-state index is 4.66. The standard InChI is InChI=1S/C13H22N4/c1-12(2,3)9-8-10(17(7)16-9)15-11(14-8)13(4,5)6/h1-7H3,(H,14,15). The van der Waals surface area contributed by atoms with E-state index in [0.29, 0.717) is 0 Å². The molecule has 0 atom stereocenters. The Labute approximate surface area is 102 Å². The summed E-state index contributed by atoms with van der Waals surface area (Å²) >= 11 is 0. The average Bonchev–Trinajstić information content (AvgIpc) is 2.63. The van der Waals surface area contributed by atoms with Gasteiger partial charge in [0.2, 0.25) is 0 Å². The Balaban J connectivity index is 2.70. The number of imidazole rings is 1. The molecule has 0 fully saturated rings. The van der Waals surface area contributed by atoms with Gasteiger partial charge < -0.3 is 4.98 Å². The summed E-state index contributed by atoms with van der Waals surface area (Å²) in [6, 6.07) is 0. The van der Waals surface area contributed by atoms with E-state index in [4.69, 9.17) is 0 Å². The Morgan fingerprint density at radius 2 is 1.59 bits per heavy atom. The number of H-pyrrole nitrogens is 1. The molecule has 0 saturated heterocycles. The second kappa shape index (κ2) is 3.34. The molecule has 2 rings (SSSR count). The topological polar surface area (TPSA) is 46.5 Å². The minimum atomic E-state index is 0.0290. The number of rotatable bonds is 0. The lowest BCUT2D eigenvalue weighted by Gasteiger charge is -2.16. The molecule has 0 aliphatic heterocycles. The predicted molar refractivity (Wildman–Crippen MR) is 70.3 cm³/mol. The molecule has 0 unspecified atom stereocenters. The number of nitrogens with zero attached hydrogens (tertiary/aromatic N) is 3.